The van der Waals surface area contributed by atoms with Crippen LogP contribution in [0, 0.1) is 0 Å². The Labute approximate surface area is 110 Å². The molecule has 0 saturated carbocycles. The molecular formula is C13H17NO3S. The van der Waals surface area contributed by atoms with Crippen LogP contribution in [0.4, 0.5) is 0 Å². The highest BCUT2D eigenvalue weighted by atomic mass is 32.1. The smallest absolute Gasteiger partial charge is 0.334 e. The first kappa shape index (κ1) is 12.1. The third-order valence-electron chi connectivity index (χ3n) is 3.83. The summed E-state index contributed by atoms with van der Waals surface area (Å²) in [5.74, 6) is -0.846. The van der Waals surface area contributed by atoms with E-state index in [0.29, 0.717) is 19.2 Å². The number of nitrogens with zero attached hydrogens (tertiary/aromatic N) is 1. The predicted molar refractivity (Wildman–Crippen MR) is 68.9 cm³/mol. The fourth-order valence-electron chi connectivity index (χ4n) is 2.94. The minimum atomic E-state index is -0.846. The van der Waals surface area contributed by atoms with Crippen LogP contribution >= 0.6 is 11.3 Å². The lowest BCUT2D eigenvalue weighted by atomic mass is 9.92. The van der Waals surface area contributed by atoms with E-state index in [-0.39, 0.29) is 0 Å². The van der Waals surface area contributed by atoms with Crippen LogP contribution in [0.1, 0.15) is 29.3 Å². The minimum Gasteiger partial charge on any atom is -0.479 e. The number of carboxylic acids is 1. The topological polar surface area (TPSA) is 49.8 Å². The molecular weight excluding hydrogens is 250 g/mol. The zero-order chi connectivity index (χ0) is 12.5. The van der Waals surface area contributed by atoms with Crippen molar-refractivity contribution in [1.82, 2.24) is 4.90 Å². The molecule has 0 bridgehead atoms. The molecule has 1 aliphatic heterocycles. The first-order chi connectivity index (χ1) is 8.75. The lowest BCUT2D eigenvalue weighted by Gasteiger charge is -2.38. The molecule has 18 heavy (non-hydrogen) atoms. The second-order valence-corrected chi connectivity index (χ2v) is 5.90. The first-order valence-corrected chi connectivity index (χ1v) is 7.28. The summed E-state index contributed by atoms with van der Waals surface area (Å²) >= 11 is 1.83. The third kappa shape index (κ3) is 2.18. The monoisotopic (exact) mass is 267 g/mol. The van der Waals surface area contributed by atoms with E-state index >= 15 is 0 Å². The van der Waals surface area contributed by atoms with Crippen LogP contribution < -0.4 is 0 Å². The summed E-state index contributed by atoms with van der Waals surface area (Å²) < 4.78 is 5.29. The van der Waals surface area contributed by atoms with Crippen LogP contribution in [-0.4, -0.2) is 41.8 Å². The normalized spacial score (nSPS) is 28.9. The zero-order valence-electron chi connectivity index (χ0n) is 10.2. The van der Waals surface area contributed by atoms with Crippen molar-refractivity contribution in [3.05, 3.63) is 21.9 Å². The van der Waals surface area contributed by atoms with Crippen molar-refractivity contribution in [2.45, 2.75) is 31.4 Å². The molecule has 2 heterocycles. The fraction of sp³-hybridized carbons (Fsp3) is 0.615. The zero-order valence-corrected chi connectivity index (χ0v) is 11.0. The van der Waals surface area contributed by atoms with Crippen molar-refractivity contribution < 1.29 is 14.6 Å². The van der Waals surface area contributed by atoms with Crippen molar-refractivity contribution >= 4 is 17.3 Å². The van der Waals surface area contributed by atoms with Crippen molar-refractivity contribution in [3.63, 3.8) is 0 Å². The Morgan fingerprint density at radius 1 is 1.56 bits per heavy atom. The highest BCUT2D eigenvalue weighted by Crippen LogP contribution is 2.37. The van der Waals surface area contributed by atoms with Crippen molar-refractivity contribution in [2.75, 3.05) is 19.7 Å². The Hall–Kier alpha value is -0.910. The van der Waals surface area contributed by atoms with Gasteiger partial charge in [0, 0.05) is 24.0 Å². The van der Waals surface area contributed by atoms with E-state index in [0.717, 1.165) is 13.0 Å². The van der Waals surface area contributed by atoms with Gasteiger partial charge in [-0.05, 0) is 36.3 Å². The van der Waals surface area contributed by atoms with Gasteiger partial charge in [0.1, 0.15) is 0 Å². The molecule has 1 saturated heterocycles. The van der Waals surface area contributed by atoms with Gasteiger partial charge in [0.2, 0.25) is 0 Å². The number of ether oxygens (including phenoxy) is 1. The molecule has 1 N–H and O–H groups in total. The van der Waals surface area contributed by atoms with Crippen molar-refractivity contribution in [3.8, 4) is 0 Å². The summed E-state index contributed by atoms with van der Waals surface area (Å²) in [4.78, 5) is 14.8. The minimum absolute atomic E-state index is 0.394. The number of aryl methyl sites for hydroxylation is 1. The molecule has 1 aromatic heterocycles. The quantitative estimate of drug-likeness (QED) is 0.889. The number of hydrogen-bond donors (Lipinski definition) is 1. The summed E-state index contributed by atoms with van der Waals surface area (Å²) in [6.07, 6.45) is 2.85. The van der Waals surface area contributed by atoms with E-state index in [1.165, 1.54) is 23.3 Å². The summed E-state index contributed by atoms with van der Waals surface area (Å²) in [5, 5.41) is 11.2. The Kier molecular flexibility index (Phi) is 3.37. The van der Waals surface area contributed by atoms with Gasteiger partial charge in [0.15, 0.2) is 6.10 Å². The van der Waals surface area contributed by atoms with E-state index in [4.69, 9.17) is 9.84 Å². The number of morpholine rings is 1. The van der Waals surface area contributed by atoms with Crippen molar-refractivity contribution in [2.24, 2.45) is 0 Å². The fourth-order valence-corrected chi connectivity index (χ4v) is 3.92. The number of aliphatic carboxylic acids is 1. The highest BCUT2D eigenvalue weighted by Gasteiger charge is 2.33. The summed E-state index contributed by atoms with van der Waals surface area (Å²) in [6.45, 7) is 1.87. The van der Waals surface area contributed by atoms with Crippen LogP contribution in [0.15, 0.2) is 11.4 Å². The molecule has 98 valence electrons. The molecule has 0 aromatic carbocycles. The molecule has 1 aliphatic carbocycles. The standard InChI is InChI=1S/C13H17NO3S/c15-13(16)11-8-14(5-6-17-11)10-2-1-3-12-9(10)4-7-18-12/h4,7,10-11H,1-3,5-6,8H2,(H,15,16). The SMILES string of the molecule is O=C(O)C1CN(C2CCCc3sccc32)CCO1. The molecule has 4 nitrogen and oxygen atoms in total. The van der Waals surface area contributed by atoms with E-state index < -0.39 is 12.1 Å². The van der Waals surface area contributed by atoms with Gasteiger partial charge >= 0.3 is 5.97 Å². The molecule has 2 atom stereocenters. The van der Waals surface area contributed by atoms with E-state index in [1.54, 1.807) is 0 Å². The lowest BCUT2D eigenvalue weighted by Crippen LogP contribution is -2.47. The van der Waals surface area contributed by atoms with Gasteiger partial charge in [-0.25, -0.2) is 4.79 Å². The van der Waals surface area contributed by atoms with E-state index in [1.807, 2.05) is 11.3 Å². The Morgan fingerprint density at radius 3 is 3.28 bits per heavy atom. The van der Waals surface area contributed by atoms with Crippen LogP contribution in [-0.2, 0) is 16.0 Å². The van der Waals surface area contributed by atoms with Crippen LogP contribution in [0.3, 0.4) is 0 Å². The predicted octanol–water partition coefficient (Wildman–Crippen LogP) is 1.91. The summed E-state index contributed by atoms with van der Waals surface area (Å²) in [6, 6.07) is 2.60. The van der Waals surface area contributed by atoms with Crippen LogP contribution in [0.2, 0.25) is 0 Å². The van der Waals surface area contributed by atoms with Gasteiger partial charge in [-0.1, -0.05) is 0 Å². The number of fused-ring (bicyclic) bond motifs is 1. The maximum Gasteiger partial charge on any atom is 0.334 e. The van der Waals surface area contributed by atoms with Gasteiger partial charge < -0.3 is 9.84 Å². The van der Waals surface area contributed by atoms with Crippen molar-refractivity contribution in [1.29, 1.82) is 0 Å². The van der Waals surface area contributed by atoms with E-state index in [2.05, 4.69) is 16.3 Å². The molecule has 2 unspecified atom stereocenters. The van der Waals surface area contributed by atoms with Gasteiger partial charge in [0.25, 0.3) is 0 Å². The molecule has 0 radical (unpaired) electrons. The molecule has 2 aliphatic rings. The largest absolute Gasteiger partial charge is 0.479 e. The van der Waals surface area contributed by atoms with Gasteiger partial charge in [-0.2, -0.15) is 0 Å². The first-order valence-electron chi connectivity index (χ1n) is 6.40. The van der Waals surface area contributed by atoms with Gasteiger partial charge in [-0.3, -0.25) is 4.90 Å². The number of thiophene rings is 1. The molecule has 1 fully saturated rings. The third-order valence-corrected chi connectivity index (χ3v) is 4.83. The Balaban J connectivity index is 1.78. The van der Waals surface area contributed by atoms with E-state index in [9.17, 15) is 4.79 Å². The maximum absolute atomic E-state index is 11.0. The Morgan fingerprint density at radius 2 is 2.44 bits per heavy atom. The molecule has 5 heteroatoms. The maximum atomic E-state index is 11.0. The average molecular weight is 267 g/mol. The number of rotatable bonds is 2. The van der Waals surface area contributed by atoms with Gasteiger partial charge in [0.05, 0.1) is 6.61 Å². The number of carbonyl (C=O) groups is 1. The second-order valence-electron chi connectivity index (χ2n) is 4.90. The Bertz CT molecular complexity index is 445. The average Bonchev–Trinajstić information content (AvgIpc) is 2.87. The number of carboxylic acid groups (broad SMARTS) is 1. The molecule has 0 amide bonds. The number of hydrogen-bond acceptors (Lipinski definition) is 4. The van der Waals surface area contributed by atoms with Crippen LogP contribution in [0.5, 0.6) is 0 Å². The second kappa shape index (κ2) is 4.99. The molecule has 1 aromatic rings. The van der Waals surface area contributed by atoms with Crippen LogP contribution in [0.25, 0.3) is 0 Å². The summed E-state index contributed by atoms with van der Waals surface area (Å²) in [7, 11) is 0. The molecule has 0 spiro atoms. The molecule has 3 rings (SSSR count). The van der Waals surface area contributed by atoms with Gasteiger partial charge in [-0.15, -0.1) is 11.3 Å². The highest BCUT2D eigenvalue weighted by molar-refractivity contribution is 7.10. The lowest BCUT2D eigenvalue weighted by molar-refractivity contribution is -0.157. The summed E-state index contributed by atoms with van der Waals surface area (Å²) in [5.41, 5.74) is 1.41.